The minimum Gasteiger partial charge on any atom is -0.271 e. The molecule has 0 aliphatic heterocycles. The maximum atomic E-state index is 6.02. The van der Waals surface area contributed by atoms with Gasteiger partial charge in [0, 0.05) is 28.3 Å². The lowest BCUT2D eigenvalue weighted by Crippen LogP contribution is -2.38. The Morgan fingerprint density at radius 1 is 1.33 bits per heavy atom. The van der Waals surface area contributed by atoms with Gasteiger partial charge < -0.3 is 0 Å². The average Bonchev–Trinajstić information content (AvgIpc) is 2.86. The van der Waals surface area contributed by atoms with Crippen LogP contribution in [0.15, 0.2) is 29.6 Å². The largest absolute Gasteiger partial charge is 0.271 e. The van der Waals surface area contributed by atoms with Crippen LogP contribution >= 0.6 is 22.9 Å². The molecule has 0 saturated heterocycles. The lowest BCUT2D eigenvalue weighted by atomic mass is 9.93. The van der Waals surface area contributed by atoms with Crippen molar-refractivity contribution in [2.24, 2.45) is 5.84 Å². The minimum atomic E-state index is 0.0906. The van der Waals surface area contributed by atoms with Gasteiger partial charge in [0.15, 0.2) is 0 Å². The van der Waals surface area contributed by atoms with Crippen LogP contribution in [0.4, 0.5) is 0 Å². The van der Waals surface area contributed by atoms with Crippen LogP contribution in [0.2, 0.25) is 5.02 Å². The second-order valence-electron chi connectivity index (χ2n) is 6.28. The van der Waals surface area contributed by atoms with E-state index in [9.17, 15) is 0 Å². The van der Waals surface area contributed by atoms with Crippen molar-refractivity contribution in [2.75, 3.05) is 0 Å². The predicted molar refractivity (Wildman–Crippen MR) is 90.8 cm³/mol. The van der Waals surface area contributed by atoms with Crippen LogP contribution in [-0.4, -0.2) is 11.0 Å². The van der Waals surface area contributed by atoms with Gasteiger partial charge in [-0.15, -0.1) is 11.3 Å². The Kier molecular flexibility index (Phi) is 5.38. The lowest BCUT2D eigenvalue weighted by molar-refractivity contribution is 0.517. The average molecular weight is 324 g/mol. The number of hydrogen-bond acceptors (Lipinski definition) is 4. The van der Waals surface area contributed by atoms with Crippen molar-refractivity contribution >= 4 is 22.9 Å². The smallest absolute Gasteiger partial charge is 0.0944 e. The highest BCUT2D eigenvalue weighted by Crippen LogP contribution is 2.24. The predicted octanol–water partition coefficient (Wildman–Crippen LogP) is 3.71. The molecule has 1 atom stereocenters. The molecule has 1 aromatic heterocycles. The first-order valence-electron chi connectivity index (χ1n) is 7.04. The van der Waals surface area contributed by atoms with E-state index in [-0.39, 0.29) is 11.5 Å². The first-order valence-corrected chi connectivity index (χ1v) is 8.29. The first-order chi connectivity index (χ1) is 9.88. The van der Waals surface area contributed by atoms with Gasteiger partial charge >= 0.3 is 0 Å². The van der Waals surface area contributed by atoms with Crippen molar-refractivity contribution in [3.8, 4) is 0 Å². The normalized spacial score (nSPS) is 13.4. The summed E-state index contributed by atoms with van der Waals surface area (Å²) < 4.78 is 0. The maximum absolute atomic E-state index is 6.02. The summed E-state index contributed by atoms with van der Waals surface area (Å²) in [7, 11) is 0. The molecule has 2 rings (SSSR count). The summed E-state index contributed by atoms with van der Waals surface area (Å²) in [6, 6.07) is 8.05. The Balaban J connectivity index is 2.04. The van der Waals surface area contributed by atoms with E-state index in [2.05, 4.69) is 37.6 Å². The van der Waals surface area contributed by atoms with Gasteiger partial charge in [-0.1, -0.05) is 44.5 Å². The molecule has 2 aromatic rings. The summed E-state index contributed by atoms with van der Waals surface area (Å²) in [5.74, 6) is 5.69. The molecule has 1 heterocycles. The fourth-order valence-corrected chi connectivity index (χ4v) is 3.41. The standard InChI is InChI=1S/C16H22ClN3S/c1-16(2,3)14-10-21-15(19-14)9-13(20-18)8-11-5-4-6-12(17)7-11/h4-7,10,13,20H,8-9,18H2,1-3H3. The van der Waals surface area contributed by atoms with Crippen LogP contribution in [0.5, 0.6) is 0 Å². The molecule has 0 aliphatic rings. The Morgan fingerprint density at radius 3 is 2.67 bits per heavy atom. The Hall–Kier alpha value is -0.940. The third-order valence-electron chi connectivity index (χ3n) is 3.35. The molecule has 1 aromatic carbocycles. The molecule has 0 aliphatic carbocycles. The van der Waals surface area contributed by atoms with E-state index in [4.69, 9.17) is 22.4 Å². The van der Waals surface area contributed by atoms with E-state index >= 15 is 0 Å². The maximum Gasteiger partial charge on any atom is 0.0944 e. The van der Waals surface area contributed by atoms with Crippen molar-refractivity contribution < 1.29 is 0 Å². The molecule has 1 unspecified atom stereocenters. The molecule has 0 fully saturated rings. The van der Waals surface area contributed by atoms with Crippen molar-refractivity contribution in [1.29, 1.82) is 0 Å². The third kappa shape index (κ3) is 4.78. The van der Waals surface area contributed by atoms with E-state index in [1.54, 1.807) is 11.3 Å². The highest BCUT2D eigenvalue weighted by molar-refractivity contribution is 7.09. The number of hydrogen-bond donors (Lipinski definition) is 2. The van der Waals surface area contributed by atoms with E-state index in [1.807, 2.05) is 18.2 Å². The Bertz CT molecular complexity index is 589. The first kappa shape index (κ1) is 16.4. The quantitative estimate of drug-likeness (QED) is 0.651. The molecule has 0 amide bonds. The second-order valence-corrected chi connectivity index (χ2v) is 7.66. The minimum absolute atomic E-state index is 0.0906. The summed E-state index contributed by atoms with van der Waals surface area (Å²) in [4.78, 5) is 4.73. The summed E-state index contributed by atoms with van der Waals surface area (Å²) in [5.41, 5.74) is 5.30. The zero-order valence-electron chi connectivity index (χ0n) is 12.7. The van der Waals surface area contributed by atoms with Crippen LogP contribution in [0.3, 0.4) is 0 Å². The van der Waals surface area contributed by atoms with E-state index in [1.165, 1.54) is 5.56 Å². The number of halogens is 1. The van der Waals surface area contributed by atoms with Gasteiger partial charge in [0.05, 0.1) is 10.7 Å². The lowest BCUT2D eigenvalue weighted by Gasteiger charge is -2.16. The topological polar surface area (TPSA) is 50.9 Å². The molecular weight excluding hydrogens is 302 g/mol. The number of hydrazine groups is 1. The summed E-state index contributed by atoms with van der Waals surface area (Å²) in [5, 5.41) is 4.01. The molecular formula is C16H22ClN3S. The van der Waals surface area contributed by atoms with Crippen molar-refractivity contribution in [3.63, 3.8) is 0 Å². The molecule has 0 saturated carbocycles. The SMILES string of the molecule is CC(C)(C)c1csc(CC(Cc2cccc(Cl)c2)NN)n1. The molecule has 21 heavy (non-hydrogen) atoms. The number of benzene rings is 1. The van der Waals surface area contributed by atoms with Crippen LogP contribution in [0.1, 0.15) is 37.0 Å². The zero-order valence-corrected chi connectivity index (χ0v) is 14.3. The van der Waals surface area contributed by atoms with Gasteiger partial charge in [-0.3, -0.25) is 11.3 Å². The summed E-state index contributed by atoms with van der Waals surface area (Å²) in [6.45, 7) is 6.53. The fourth-order valence-electron chi connectivity index (χ4n) is 2.10. The van der Waals surface area contributed by atoms with E-state index in [0.717, 1.165) is 28.6 Å². The molecule has 114 valence electrons. The molecule has 3 N–H and O–H groups in total. The number of rotatable bonds is 5. The van der Waals surface area contributed by atoms with Gasteiger partial charge in [-0.25, -0.2) is 4.98 Å². The van der Waals surface area contributed by atoms with Gasteiger partial charge in [-0.2, -0.15) is 0 Å². The van der Waals surface area contributed by atoms with Crippen LogP contribution < -0.4 is 11.3 Å². The van der Waals surface area contributed by atoms with E-state index < -0.39 is 0 Å². The summed E-state index contributed by atoms with van der Waals surface area (Å²) in [6.07, 6.45) is 1.66. The van der Waals surface area contributed by atoms with Gasteiger partial charge in [0.1, 0.15) is 0 Å². The van der Waals surface area contributed by atoms with Crippen molar-refractivity contribution in [3.05, 3.63) is 50.9 Å². The van der Waals surface area contributed by atoms with E-state index in [0.29, 0.717) is 0 Å². The number of nitrogens with zero attached hydrogens (tertiary/aromatic N) is 1. The summed E-state index contributed by atoms with van der Waals surface area (Å²) >= 11 is 7.72. The Labute approximate surface area is 135 Å². The zero-order chi connectivity index (χ0) is 15.5. The highest BCUT2D eigenvalue weighted by atomic mass is 35.5. The van der Waals surface area contributed by atoms with Gasteiger partial charge in [0.25, 0.3) is 0 Å². The van der Waals surface area contributed by atoms with Gasteiger partial charge in [-0.05, 0) is 24.1 Å². The number of nitrogens with one attached hydrogen (secondary N) is 1. The molecule has 0 bridgehead atoms. The number of nitrogens with two attached hydrogens (primary N) is 1. The van der Waals surface area contributed by atoms with Crippen LogP contribution in [0.25, 0.3) is 0 Å². The number of aromatic nitrogens is 1. The molecule has 0 spiro atoms. The van der Waals surface area contributed by atoms with Crippen molar-refractivity contribution in [1.82, 2.24) is 10.4 Å². The van der Waals surface area contributed by atoms with Crippen molar-refractivity contribution in [2.45, 2.75) is 45.1 Å². The molecule has 3 nitrogen and oxygen atoms in total. The highest BCUT2D eigenvalue weighted by Gasteiger charge is 2.19. The van der Waals surface area contributed by atoms with Gasteiger partial charge in [0.2, 0.25) is 0 Å². The van der Waals surface area contributed by atoms with Crippen LogP contribution in [-0.2, 0) is 18.3 Å². The molecule has 5 heteroatoms. The molecule has 0 radical (unpaired) electrons. The van der Waals surface area contributed by atoms with Crippen LogP contribution in [0, 0.1) is 0 Å². The Morgan fingerprint density at radius 2 is 2.10 bits per heavy atom. The third-order valence-corrected chi connectivity index (χ3v) is 4.45. The number of thiazole rings is 1. The fraction of sp³-hybridized carbons (Fsp3) is 0.438. The monoisotopic (exact) mass is 323 g/mol. The second kappa shape index (κ2) is 6.88.